The zero-order valence-corrected chi connectivity index (χ0v) is 20.1. The molecule has 0 saturated carbocycles. The first-order valence-corrected chi connectivity index (χ1v) is 12.1. The number of nitrogens with zero attached hydrogens (tertiary/aromatic N) is 4. The van der Waals surface area contributed by atoms with Crippen LogP contribution in [0.5, 0.6) is 0 Å². The number of carbonyl (C=O) groups excluding carboxylic acids is 1. The third-order valence-corrected chi connectivity index (χ3v) is 7.42. The molecule has 0 aliphatic carbocycles. The number of pyridine rings is 1. The van der Waals surface area contributed by atoms with Crippen LogP contribution in [0.4, 0.5) is 5.82 Å². The number of hydrogen-bond acceptors (Lipinski definition) is 8. The number of carbonyl (C=O) groups is 1. The van der Waals surface area contributed by atoms with Crippen LogP contribution < -0.4 is 5.32 Å². The molecular formula is C24H25N5O4S. The number of nitrogens with one attached hydrogen (secondary N) is 1. The maximum Gasteiger partial charge on any atom is 0.331 e. The van der Waals surface area contributed by atoms with Crippen molar-refractivity contribution in [1.82, 2.24) is 18.9 Å². The molecule has 4 rings (SSSR count). The molecule has 0 saturated heterocycles. The van der Waals surface area contributed by atoms with E-state index in [1.165, 1.54) is 19.5 Å². The van der Waals surface area contributed by atoms with E-state index in [4.69, 9.17) is 4.74 Å². The lowest BCUT2D eigenvalue weighted by Crippen LogP contribution is -2.43. The van der Waals surface area contributed by atoms with Gasteiger partial charge in [-0.3, -0.25) is 0 Å². The molecule has 34 heavy (non-hydrogen) atoms. The molecule has 0 aliphatic rings. The first-order chi connectivity index (χ1) is 16.2. The highest BCUT2D eigenvalue weighted by molar-refractivity contribution is 7.90. The smallest absolute Gasteiger partial charge is 0.331 e. The maximum absolute atomic E-state index is 13.4. The minimum absolute atomic E-state index is 0.153. The van der Waals surface area contributed by atoms with Crippen molar-refractivity contribution in [1.29, 1.82) is 0 Å². The standard InChI is InChI=1S/C24H25N5O4S/c1-5-24(3,23(30)33-4)28-20-12-14-25-21(27-20)19-15-29(22-18(19)7-6-13-26-22)34(31,32)17-10-8-16(2)9-11-17/h6-15H,5H2,1-4H3,(H,25,27,28). The fourth-order valence-electron chi connectivity index (χ4n) is 3.57. The Kier molecular flexibility index (Phi) is 6.09. The zero-order chi connectivity index (χ0) is 24.5. The minimum Gasteiger partial charge on any atom is -0.467 e. The predicted molar refractivity (Wildman–Crippen MR) is 129 cm³/mol. The minimum atomic E-state index is -3.91. The Morgan fingerprint density at radius 2 is 1.85 bits per heavy atom. The third kappa shape index (κ3) is 4.12. The quantitative estimate of drug-likeness (QED) is 0.398. The van der Waals surface area contributed by atoms with Crippen molar-refractivity contribution in [3.63, 3.8) is 0 Å². The molecule has 9 nitrogen and oxygen atoms in total. The number of hydrogen-bond donors (Lipinski definition) is 1. The summed E-state index contributed by atoms with van der Waals surface area (Å²) in [5.41, 5.74) is 0.746. The summed E-state index contributed by atoms with van der Waals surface area (Å²) in [7, 11) is -2.57. The number of benzene rings is 1. The Bertz CT molecular complexity index is 1460. The van der Waals surface area contributed by atoms with Gasteiger partial charge in [0, 0.05) is 29.5 Å². The van der Waals surface area contributed by atoms with Gasteiger partial charge in [0.2, 0.25) is 0 Å². The van der Waals surface area contributed by atoms with Crippen LogP contribution in [0.3, 0.4) is 0 Å². The van der Waals surface area contributed by atoms with Crippen LogP contribution in [-0.4, -0.2) is 46.0 Å². The van der Waals surface area contributed by atoms with Gasteiger partial charge in [0.25, 0.3) is 10.0 Å². The molecule has 10 heteroatoms. The van der Waals surface area contributed by atoms with Gasteiger partial charge in [-0.1, -0.05) is 24.6 Å². The van der Waals surface area contributed by atoms with Crippen molar-refractivity contribution < 1.29 is 17.9 Å². The lowest BCUT2D eigenvalue weighted by atomic mass is 9.99. The second-order valence-electron chi connectivity index (χ2n) is 8.10. The number of methoxy groups -OCH3 is 1. The van der Waals surface area contributed by atoms with Crippen LogP contribution >= 0.6 is 0 Å². The van der Waals surface area contributed by atoms with E-state index >= 15 is 0 Å². The van der Waals surface area contributed by atoms with E-state index in [0.29, 0.717) is 29.0 Å². The van der Waals surface area contributed by atoms with Crippen LogP contribution in [0.1, 0.15) is 25.8 Å². The molecule has 0 spiro atoms. The lowest BCUT2D eigenvalue weighted by molar-refractivity contribution is -0.145. The topological polar surface area (TPSA) is 116 Å². The molecule has 0 bridgehead atoms. The van der Waals surface area contributed by atoms with Gasteiger partial charge in [-0.15, -0.1) is 0 Å². The summed E-state index contributed by atoms with van der Waals surface area (Å²) >= 11 is 0. The highest BCUT2D eigenvalue weighted by Gasteiger charge is 2.33. The van der Waals surface area contributed by atoms with Gasteiger partial charge >= 0.3 is 5.97 Å². The molecule has 0 aliphatic heterocycles. The molecule has 4 aromatic rings. The van der Waals surface area contributed by atoms with Gasteiger partial charge in [-0.25, -0.2) is 32.1 Å². The van der Waals surface area contributed by atoms with E-state index in [2.05, 4.69) is 20.3 Å². The van der Waals surface area contributed by atoms with Gasteiger partial charge < -0.3 is 10.1 Å². The lowest BCUT2D eigenvalue weighted by Gasteiger charge is -2.27. The molecule has 0 amide bonds. The summed E-state index contributed by atoms with van der Waals surface area (Å²) in [4.78, 5) is 25.6. The Hall–Kier alpha value is -3.79. The maximum atomic E-state index is 13.4. The number of anilines is 1. The van der Waals surface area contributed by atoms with Gasteiger partial charge in [0.15, 0.2) is 11.5 Å². The Morgan fingerprint density at radius 3 is 2.53 bits per heavy atom. The molecule has 3 heterocycles. The van der Waals surface area contributed by atoms with E-state index in [1.54, 1.807) is 55.6 Å². The Balaban J connectivity index is 1.82. The summed E-state index contributed by atoms with van der Waals surface area (Å²) in [6.45, 7) is 5.48. The average molecular weight is 480 g/mol. The normalized spacial score (nSPS) is 13.4. The van der Waals surface area contributed by atoms with Gasteiger partial charge in [-0.2, -0.15) is 0 Å². The van der Waals surface area contributed by atoms with Crippen LogP contribution in [0.15, 0.2) is 66.0 Å². The second kappa shape index (κ2) is 8.86. The molecule has 1 N–H and O–H groups in total. The molecule has 1 atom stereocenters. The van der Waals surface area contributed by atoms with E-state index < -0.39 is 21.5 Å². The molecule has 0 fully saturated rings. The monoisotopic (exact) mass is 479 g/mol. The summed E-state index contributed by atoms with van der Waals surface area (Å²) in [5.74, 6) is 0.287. The predicted octanol–water partition coefficient (Wildman–Crippen LogP) is 3.79. The highest BCUT2D eigenvalue weighted by atomic mass is 32.2. The van der Waals surface area contributed by atoms with Gasteiger partial charge in [0.05, 0.1) is 12.0 Å². The fraction of sp³-hybridized carbons (Fsp3) is 0.250. The summed E-state index contributed by atoms with van der Waals surface area (Å²) in [6.07, 6.45) is 5.03. The van der Waals surface area contributed by atoms with Crippen molar-refractivity contribution in [3.8, 4) is 11.4 Å². The largest absolute Gasteiger partial charge is 0.467 e. The molecule has 1 unspecified atom stereocenters. The third-order valence-electron chi connectivity index (χ3n) is 5.75. The van der Waals surface area contributed by atoms with Gasteiger partial charge in [0.1, 0.15) is 11.4 Å². The molecule has 1 aromatic carbocycles. The van der Waals surface area contributed by atoms with Crippen LogP contribution in [-0.2, 0) is 19.6 Å². The van der Waals surface area contributed by atoms with E-state index in [9.17, 15) is 13.2 Å². The van der Waals surface area contributed by atoms with Crippen molar-refractivity contribution in [3.05, 3.63) is 66.6 Å². The zero-order valence-electron chi connectivity index (χ0n) is 19.3. The molecule has 3 aromatic heterocycles. The Morgan fingerprint density at radius 1 is 1.12 bits per heavy atom. The fourth-order valence-corrected chi connectivity index (χ4v) is 4.89. The first-order valence-electron chi connectivity index (χ1n) is 10.7. The van der Waals surface area contributed by atoms with Crippen molar-refractivity contribution in [2.75, 3.05) is 12.4 Å². The van der Waals surface area contributed by atoms with E-state index in [1.807, 2.05) is 13.8 Å². The molecule has 0 radical (unpaired) electrons. The number of aryl methyl sites for hydroxylation is 1. The number of rotatable bonds is 7. The number of esters is 1. The summed E-state index contributed by atoms with van der Waals surface area (Å²) in [5, 5.41) is 3.70. The van der Waals surface area contributed by atoms with Crippen molar-refractivity contribution >= 4 is 32.8 Å². The van der Waals surface area contributed by atoms with Crippen LogP contribution in [0.25, 0.3) is 22.4 Å². The number of ether oxygens (including phenoxy) is 1. The van der Waals surface area contributed by atoms with Gasteiger partial charge in [-0.05, 0) is 50.6 Å². The summed E-state index contributed by atoms with van der Waals surface area (Å²) < 4.78 is 32.9. The van der Waals surface area contributed by atoms with Crippen LogP contribution in [0, 0.1) is 6.92 Å². The second-order valence-corrected chi connectivity index (χ2v) is 9.91. The highest BCUT2D eigenvalue weighted by Crippen LogP contribution is 2.31. The van der Waals surface area contributed by atoms with Crippen molar-refractivity contribution in [2.45, 2.75) is 37.6 Å². The average Bonchev–Trinajstić information content (AvgIpc) is 3.24. The first kappa shape index (κ1) is 23.4. The summed E-state index contributed by atoms with van der Waals surface area (Å²) in [6, 6.07) is 11.8. The van der Waals surface area contributed by atoms with E-state index in [-0.39, 0.29) is 10.5 Å². The number of aromatic nitrogens is 4. The molecule has 176 valence electrons. The van der Waals surface area contributed by atoms with Crippen molar-refractivity contribution in [2.24, 2.45) is 0 Å². The SMILES string of the molecule is CCC(C)(Nc1ccnc(-c2cn(S(=O)(=O)c3ccc(C)cc3)c3ncccc23)n1)C(=O)OC. The number of fused-ring (bicyclic) bond motifs is 1. The molecular weight excluding hydrogens is 454 g/mol. The Labute approximate surface area is 197 Å². The van der Waals surface area contributed by atoms with E-state index in [0.717, 1.165) is 9.54 Å². The van der Waals surface area contributed by atoms with Crippen LogP contribution in [0.2, 0.25) is 0 Å².